The number of amides is 1. The zero-order valence-electron chi connectivity index (χ0n) is 16.4. The second kappa shape index (κ2) is 8.87. The van der Waals surface area contributed by atoms with E-state index in [0.717, 1.165) is 11.1 Å². The minimum atomic E-state index is -0.454. The van der Waals surface area contributed by atoms with E-state index in [-0.39, 0.29) is 11.4 Å². The molecule has 4 aromatic rings. The summed E-state index contributed by atoms with van der Waals surface area (Å²) in [5, 5.41) is 15.8. The molecule has 0 saturated heterocycles. The van der Waals surface area contributed by atoms with Crippen LogP contribution in [0.15, 0.2) is 90.0 Å². The summed E-state index contributed by atoms with van der Waals surface area (Å²) in [5.41, 5.74) is 5.75. The lowest BCUT2D eigenvalue weighted by Gasteiger charge is -2.04. The van der Waals surface area contributed by atoms with Crippen molar-refractivity contribution in [1.82, 2.24) is 10.4 Å². The van der Waals surface area contributed by atoms with Crippen molar-refractivity contribution in [3.8, 4) is 11.1 Å². The monoisotopic (exact) mass is 410 g/mol. The first-order valence-corrected chi connectivity index (χ1v) is 9.54. The maximum absolute atomic E-state index is 12.8. The fraction of sp³-hybridized carbons (Fsp3) is 0. The molecule has 31 heavy (non-hydrogen) atoms. The number of fused-ring (bicyclic) bond motifs is 1. The number of hydrazone groups is 1. The molecule has 0 aliphatic carbocycles. The topological polar surface area (TPSA) is 100 Å². The highest BCUT2D eigenvalue weighted by molar-refractivity contribution is 6.10. The number of nitro groups is 1. The number of non-ortho nitro benzene ring substituents is 1. The zero-order valence-corrected chi connectivity index (χ0v) is 16.4. The number of carbonyl (C=O) groups excluding carboxylic acids is 1. The number of nitro benzene ring substituents is 1. The highest BCUT2D eigenvalue weighted by Crippen LogP contribution is 2.34. The van der Waals surface area contributed by atoms with Crippen molar-refractivity contribution in [3.05, 3.63) is 106 Å². The van der Waals surface area contributed by atoms with Crippen LogP contribution in [0.5, 0.6) is 0 Å². The third kappa shape index (κ3) is 4.40. The van der Waals surface area contributed by atoms with E-state index in [0.29, 0.717) is 16.5 Å². The van der Waals surface area contributed by atoms with Gasteiger partial charge in [0.15, 0.2) is 0 Å². The van der Waals surface area contributed by atoms with Gasteiger partial charge in [-0.1, -0.05) is 66.7 Å². The van der Waals surface area contributed by atoms with Gasteiger partial charge in [0.2, 0.25) is 0 Å². The highest BCUT2D eigenvalue weighted by Gasteiger charge is 2.20. The van der Waals surface area contributed by atoms with Gasteiger partial charge in [0.05, 0.1) is 4.92 Å². The van der Waals surface area contributed by atoms with Gasteiger partial charge in [-0.15, -0.1) is 0 Å². The van der Waals surface area contributed by atoms with Crippen molar-refractivity contribution in [3.63, 3.8) is 0 Å². The first-order chi connectivity index (χ1) is 15.1. The van der Waals surface area contributed by atoms with E-state index >= 15 is 0 Å². The molecule has 0 radical (unpaired) electrons. The second-order valence-electron chi connectivity index (χ2n) is 6.72. The molecule has 1 aromatic heterocycles. The van der Waals surface area contributed by atoms with Gasteiger partial charge in [-0.05, 0) is 23.3 Å². The number of allylic oxidation sites excluding steroid dienone is 1. The van der Waals surface area contributed by atoms with Gasteiger partial charge < -0.3 is 4.98 Å². The normalized spacial score (nSPS) is 11.4. The average molecular weight is 410 g/mol. The van der Waals surface area contributed by atoms with Gasteiger partial charge in [-0.2, -0.15) is 5.10 Å². The van der Waals surface area contributed by atoms with Crippen LogP contribution in [0.4, 0.5) is 5.69 Å². The van der Waals surface area contributed by atoms with Gasteiger partial charge in [0.1, 0.15) is 5.69 Å². The van der Waals surface area contributed by atoms with Gasteiger partial charge in [0, 0.05) is 34.8 Å². The number of hydrogen-bond acceptors (Lipinski definition) is 4. The molecule has 152 valence electrons. The average Bonchev–Trinajstić information content (AvgIpc) is 3.19. The molecule has 0 saturated carbocycles. The quantitative estimate of drug-likeness (QED) is 0.260. The number of aromatic amines is 1. The molecule has 3 aromatic carbocycles. The van der Waals surface area contributed by atoms with Crippen molar-refractivity contribution in [2.45, 2.75) is 0 Å². The molecule has 0 atom stereocenters. The van der Waals surface area contributed by atoms with E-state index in [9.17, 15) is 14.9 Å². The summed E-state index contributed by atoms with van der Waals surface area (Å²) in [5.74, 6) is -0.443. The molecule has 4 rings (SSSR count). The minimum Gasteiger partial charge on any atom is -0.350 e. The summed E-state index contributed by atoms with van der Waals surface area (Å²) in [6.45, 7) is 0. The first kappa shape index (κ1) is 19.8. The van der Waals surface area contributed by atoms with Crippen molar-refractivity contribution in [1.29, 1.82) is 0 Å². The van der Waals surface area contributed by atoms with Crippen LogP contribution in [-0.2, 0) is 0 Å². The Balaban J connectivity index is 1.64. The third-order valence-electron chi connectivity index (χ3n) is 4.70. The van der Waals surface area contributed by atoms with E-state index in [2.05, 4.69) is 15.5 Å². The van der Waals surface area contributed by atoms with Crippen LogP contribution >= 0.6 is 0 Å². The largest absolute Gasteiger partial charge is 0.350 e. The number of benzene rings is 3. The molecule has 1 heterocycles. The summed E-state index contributed by atoms with van der Waals surface area (Å²) >= 11 is 0. The first-order valence-electron chi connectivity index (χ1n) is 9.54. The second-order valence-corrected chi connectivity index (χ2v) is 6.72. The van der Waals surface area contributed by atoms with E-state index < -0.39 is 10.8 Å². The lowest BCUT2D eigenvalue weighted by molar-refractivity contribution is -0.384. The Kier molecular flexibility index (Phi) is 5.66. The van der Waals surface area contributed by atoms with E-state index in [4.69, 9.17) is 0 Å². The lowest BCUT2D eigenvalue weighted by Crippen LogP contribution is -2.18. The van der Waals surface area contributed by atoms with Gasteiger partial charge in [-0.3, -0.25) is 14.9 Å². The fourth-order valence-corrected chi connectivity index (χ4v) is 3.28. The smallest absolute Gasteiger partial charge is 0.288 e. The minimum absolute atomic E-state index is 0.0419. The number of nitrogens with zero attached hydrogens (tertiary/aromatic N) is 2. The SMILES string of the molecule is O=C(NN=CC=Cc1ccccc1)c1[nH]c2ccc([N+](=O)[O-])cc2c1-c1ccccc1. The van der Waals surface area contributed by atoms with Crippen LogP contribution in [0, 0.1) is 10.1 Å². The molecule has 7 heteroatoms. The number of carbonyl (C=O) groups is 1. The van der Waals surface area contributed by atoms with Crippen molar-refractivity contribution in [2.75, 3.05) is 0 Å². The Morgan fingerprint density at radius 2 is 1.71 bits per heavy atom. The van der Waals surface area contributed by atoms with Crippen LogP contribution in [0.2, 0.25) is 0 Å². The molecule has 0 aliphatic rings. The summed E-state index contributed by atoms with van der Waals surface area (Å²) in [7, 11) is 0. The predicted molar refractivity (Wildman–Crippen MR) is 122 cm³/mol. The van der Waals surface area contributed by atoms with Crippen LogP contribution < -0.4 is 5.43 Å². The molecule has 0 fully saturated rings. The fourth-order valence-electron chi connectivity index (χ4n) is 3.28. The molecule has 1 amide bonds. The summed E-state index contributed by atoms with van der Waals surface area (Å²) < 4.78 is 0. The number of H-pyrrole nitrogens is 1. The van der Waals surface area contributed by atoms with Crippen molar-refractivity contribution in [2.24, 2.45) is 5.10 Å². The number of rotatable bonds is 6. The summed E-state index contributed by atoms with van der Waals surface area (Å²) in [6, 6.07) is 23.5. The van der Waals surface area contributed by atoms with E-state index in [1.54, 1.807) is 12.1 Å². The van der Waals surface area contributed by atoms with Gasteiger partial charge in [0.25, 0.3) is 11.6 Å². The highest BCUT2D eigenvalue weighted by atomic mass is 16.6. The molecule has 0 aliphatic heterocycles. The van der Waals surface area contributed by atoms with Crippen LogP contribution in [0.3, 0.4) is 0 Å². The van der Waals surface area contributed by atoms with Crippen molar-refractivity contribution < 1.29 is 9.72 Å². The molecule has 2 N–H and O–H groups in total. The van der Waals surface area contributed by atoms with Crippen LogP contribution in [0.25, 0.3) is 28.1 Å². The molecule has 0 unspecified atom stereocenters. The van der Waals surface area contributed by atoms with Crippen LogP contribution in [-0.4, -0.2) is 22.0 Å². The molecule has 7 nitrogen and oxygen atoms in total. The number of aromatic nitrogens is 1. The predicted octanol–water partition coefficient (Wildman–Crippen LogP) is 5.17. The van der Waals surface area contributed by atoms with Crippen LogP contribution in [0.1, 0.15) is 16.1 Å². The summed E-state index contributed by atoms with van der Waals surface area (Å²) in [6.07, 6.45) is 5.08. The standard InChI is InChI=1S/C24H18N4O3/c29-24(27-25-15-7-10-17-8-3-1-4-9-17)23-22(18-11-5-2-6-12-18)20-16-19(28(30)31)13-14-21(20)26-23/h1-16,26H,(H,27,29). The molecule has 0 bridgehead atoms. The lowest BCUT2D eigenvalue weighted by atomic mass is 10.0. The van der Waals surface area contributed by atoms with Crippen molar-refractivity contribution >= 4 is 34.8 Å². The molecule has 0 spiro atoms. The number of nitrogens with one attached hydrogen (secondary N) is 2. The Bertz CT molecular complexity index is 1290. The zero-order chi connectivity index (χ0) is 21.6. The Hall–Kier alpha value is -4.52. The van der Waals surface area contributed by atoms with E-state index in [1.165, 1.54) is 18.3 Å². The van der Waals surface area contributed by atoms with E-state index in [1.807, 2.05) is 66.7 Å². The number of hydrogen-bond donors (Lipinski definition) is 2. The third-order valence-corrected chi connectivity index (χ3v) is 4.70. The Morgan fingerprint density at radius 1 is 1.00 bits per heavy atom. The maximum atomic E-state index is 12.8. The molecular weight excluding hydrogens is 392 g/mol. The van der Waals surface area contributed by atoms with Gasteiger partial charge in [-0.25, -0.2) is 5.43 Å². The van der Waals surface area contributed by atoms with Gasteiger partial charge >= 0.3 is 0 Å². The Labute approximate surface area is 177 Å². The molecular formula is C24H18N4O3. The Morgan fingerprint density at radius 3 is 2.42 bits per heavy atom. The summed E-state index contributed by atoms with van der Waals surface area (Å²) in [4.78, 5) is 26.7. The maximum Gasteiger partial charge on any atom is 0.288 e.